The van der Waals surface area contributed by atoms with Crippen LogP contribution in [-0.4, -0.2) is 27.4 Å². The summed E-state index contributed by atoms with van der Waals surface area (Å²) in [7, 11) is 0. The van der Waals surface area contributed by atoms with Crippen molar-refractivity contribution in [2.24, 2.45) is 0 Å². The molecular weight excluding hydrogens is 280 g/mol. The van der Waals surface area contributed by atoms with Crippen molar-refractivity contribution in [3.63, 3.8) is 0 Å². The van der Waals surface area contributed by atoms with E-state index in [-0.39, 0.29) is 11.5 Å². The lowest BCUT2D eigenvalue weighted by Crippen LogP contribution is -2.03. The molecule has 2 aromatic rings. The van der Waals surface area contributed by atoms with Gasteiger partial charge in [0.15, 0.2) is 10.8 Å². The molecule has 0 saturated carbocycles. The molecule has 0 amide bonds. The fourth-order valence-electron chi connectivity index (χ4n) is 1.72. The SMILES string of the molecule is CC(=O)c1cc([N+](=O)[O-])c(NCCCc2ccn[nH]2)s1. The summed E-state index contributed by atoms with van der Waals surface area (Å²) < 4.78 is 0. The first-order valence-electron chi connectivity index (χ1n) is 6.09. The van der Waals surface area contributed by atoms with Gasteiger partial charge in [0.05, 0.1) is 9.80 Å². The number of nitro groups is 1. The Morgan fingerprint density at radius 2 is 2.40 bits per heavy atom. The molecule has 0 fully saturated rings. The average Bonchev–Trinajstić information content (AvgIpc) is 3.04. The van der Waals surface area contributed by atoms with E-state index in [2.05, 4.69) is 15.5 Å². The summed E-state index contributed by atoms with van der Waals surface area (Å²) in [5, 5.41) is 21.1. The fraction of sp³-hybridized carbons (Fsp3) is 0.333. The van der Waals surface area contributed by atoms with Gasteiger partial charge in [0.25, 0.3) is 0 Å². The Morgan fingerprint density at radius 1 is 1.60 bits per heavy atom. The van der Waals surface area contributed by atoms with Crippen molar-refractivity contribution < 1.29 is 9.72 Å². The van der Waals surface area contributed by atoms with Crippen LogP contribution in [0.15, 0.2) is 18.3 Å². The van der Waals surface area contributed by atoms with Crippen molar-refractivity contribution >= 4 is 27.8 Å². The van der Waals surface area contributed by atoms with E-state index in [1.807, 2.05) is 6.07 Å². The summed E-state index contributed by atoms with van der Waals surface area (Å²) in [4.78, 5) is 22.1. The van der Waals surface area contributed by atoms with Crippen LogP contribution in [0.1, 0.15) is 28.7 Å². The minimum absolute atomic E-state index is 0.0401. The Kier molecular flexibility index (Phi) is 4.46. The number of anilines is 1. The summed E-state index contributed by atoms with van der Waals surface area (Å²) in [6.07, 6.45) is 3.31. The van der Waals surface area contributed by atoms with Crippen molar-refractivity contribution in [2.45, 2.75) is 19.8 Å². The molecule has 0 bridgehead atoms. The van der Waals surface area contributed by atoms with Gasteiger partial charge in [-0.1, -0.05) is 0 Å². The van der Waals surface area contributed by atoms with Gasteiger partial charge in [-0.15, -0.1) is 11.3 Å². The summed E-state index contributed by atoms with van der Waals surface area (Å²) in [5.41, 5.74) is 0.985. The first-order chi connectivity index (χ1) is 9.58. The molecule has 0 aliphatic carbocycles. The number of aromatic amines is 1. The third-order valence-corrected chi connectivity index (χ3v) is 3.91. The highest BCUT2D eigenvalue weighted by Crippen LogP contribution is 2.34. The second kappa shape index (κ2) is 6.29. The molecule has 0 unspecified atom stereocenters. The number of hydrogen-bond acceptors (Lipinski definition) is 6. The number of rotatable bonds is 7. The zero-order chi connectivity index (χ0) is 14.5. The lowest BCUT2D eigenvalue weighted by atomic mass is 10.2. The second-order valence-corrected chi connectivity index (χ2v) is 5.30. The quantitative estimate of drug-likeness (QED) is 0.354. The molecule has 0 atom stereocenters. The Balaban J connectivity index is 1.94. The van der Waals surface area contributed by atoms with E-state index in [0.29, 0.717) is 16.4 Å². The van der Waals surface area contributed by atoms with Gasteiger partial charge in [0, 0.05) is 24.5 Å². The minimum atomic E-state index is -0.472. The van der Waals surface area contributed by atoms with E-state index in [9.17, 15) is 14.9 Å². The first-order valence-corrected chi connectivity index (χ1v) is 6.91. The standard InChI is InChI=1S/C12H14N4O3S/c1-8(17)11-7-10(16(18)19)12(20-11)13-5-2-3-9-4-6-14-15-9/h4,6-7,13H,2-3,5H2,1H3,(H,14,15). The molecule has 2 heterocycles. The number of H-pyrrole nitrogens is 1. The Labute approximate surface area is 119 Å². The van der Waals surface area contributed by atoms with Crippen LogP contribution in [0.4, 0.5) is 10.7 Å². The molecule has 2 aromatic heterocycles. The largest absolute Gasteiger partial charge is 0.371 e. The normalized spacial score (nSPS) is 10.4. The number of nitrogens with one attached hydrogen (secondary N) is 2. The van der Waals surface area contributed by atoms with Gasteiger partial charge in [-0.05, 0) is 25.8 Å². The predicted octanol–water partition coefficient (Wildman–Crippen LogP) is 2.63. The summed E-state index contributed by atoms with van der Waals surface area (Å²) in [6.45, 7) is 2.00. The molecule has 0 aromatic carbocycles. The van der Waals surface area contributed by atoms with Crippen molar-refractivity contribution in [1.82, 2.24) is 10.2 Å². The number of ketones is 1. The number of thiophene rings is 1. The number of carbonyl (C=O) groups excluding carboxylic acids is 1. The summed E-state index contributed by atoms with van der Waals surface area (Å²) in [5.74, 6) is -0.163. The Morgan fingerprint density at radius 3 is 3.00 bits per heavy atom. The van der Waals surface area contributed by atoms with E-state index >= 15 is 0 Å². The molecule has 0 spiro atoms. The van der Waals surface area contributed by atoms with E-state index in [1.165, 1.54) is 13.0 Å². The molecule has 0 radical (unpaired) electrons. The predicted molar refractivity (Wildman–Crippen MR) is 76.4 cm³/mol. The van der Waals surface area contributed by atoms with Gasteiger partial charge >= 0.3 is 5.69 Å². The maximum absolute atomic E-state index is 11.3. The van der Waals surface area contributed by atoms with Gasteiger partial charge in [0.1, 0.15) is 0 Å². The molecule has 0 aliphatic rings. The molecule has 7 nitrogen and oxygen atoms in total. The third-order valence-electron chi connectivity index (χ3n) is 2.72. The van der Waals surface area contributed by atoms with Gasteiger partial charge < -0.3 is 5.32 Å². The van der Waals surface area contributed by atoms with Crippen LogP contribution in [-0.2, 0) is 6.42 Å². The monoisotopic (exact) mass is 294 g/mol. The number of aromatic nitrogens is 2. The Hall–Kier alpha value is -2.22. The van der Waals surface area contributed by atoms with Crippen LogP contribution in [0.3, 0.4) is 0 Å². The van der Waals surface area contributed by atoms with Crippen molar-refractivity contribution in [3.8, 4) is 0 Å². The van der Waals surface area contributed by atoms with Gasteiger partial charge in [-0.2, -0.15) is 5.10 Å². The van der Waals surface area contributed by atoms with Crippen LogP contribution < -0.4 is 5.32 Å². The van der Waals surface area contributed by atoms with E-state index in [1.54, 1.807) is 6.20 Å². The lowest BCUT2D eigenvalue weighted by molar-refractivity contribution is -0.383. The molecule has 0 aliphatic heterocycles. The van der Waals surface area contributed by atoms with Gasteiger partial charge in [-0.25, -0.2) is 0 Å². The fourth-order valence-corrected chi connectivity index (χ4v) is 2.67. The number of hydrogen-bond donors (Lipinski definition) is 2. The highest BCUT2D eigenvalue weighted by Gasteiger charge is 2.20. The Bertz CT molecular complexity index is 606. The van der Waals surface area contributed by atoms with Crippen LogP contribution in [0.2, 0.25) is 0 Å². The number of aryl methyl sites for hydroxylation is 1. The molecule has 2 rings (SSSR count). The third kappa shape index (κ3) is 3.41. The highest BCUT2D eigenvalue weighted by atomic mass is 32.1. The van der Waals surface area contributed by atoms with Crippen LogP contribution in [0.25, 0.3) is 0 Å². The maximum atomic E-state index is 11.3. The molecule has 20 heavy (non-hydrogen) atoms. The maximum Gasteiger partial charge on any atom is 0.304 e. The average molecular weight is 294 g/mol. The van der Waals surface area contributed by atoms with Crippen molar-refractivity contribution in [3.05, 3.63) is 39.0 Å². The number of Topliss-reactive ketones (excluding diaryl/α,β-unsaturated/α-hetero) is 1. The molecule has 8 heteroatoms. The molecule has 2 N–H and O–H groups in total. The van der Waals surface area contributed by atoms with Crippen molar-refractivity contribution in [2.75, 3.05) is 11.9 Å². The minimum Gasteiger partial charge on any atom is -0.371 e. The molecule has 106 valence electrons. The van der Waals surface area contributed by atoms with Gasteiger partial charge in [0.2, 0.25) is 0 Å². The topological polar surface area (TPSA) is 101 Å². The van der Waals surface area contributed by atoms with Gasteiger partial charge in [-0.3, -0.25) is 20.0 Å². The van der Waals surface area contributed by atoms with E-state index in [0.717, 1.165) is 29.9 Å². The van der Waals surface area contributed by atoms with Crippen molar-refractivity contribution in [1.29, 1.82) is 0 Å². The van der Waals surface area contributed by atoms with Crippen LogP contribution in [0.5, 0.6) is 0 Å². The molecular formula is C12H14N4O3S. The summed E-state index contributed by atoms with van der Waals surface area (Å²) in [6, 6.07) is 3.21. The highest BCUT2D eigenvalue weighted by molar-refractivity contribution is 7.18. The van der Waals surface area contributed by atoms with Crippen LogP contribution >= 0.6 is 11.3 Å². The lowest BCUT2D eigenvalue weighted by Gasteiger charge is -2.02. The zero-order valence-electron chi connectivity index (χ0n) is 10.9. The van der Waals surface area contributed by atoms with E-state index < -0.39 is 4.92 Å². The second-order valence-electron chi connectivity index (χ2n) is 4.25. The number of carbonyl (C=O) groups is 1. The number of nitrogens with zero attached hydrogens (tertiary/aromatic N) is 2. The zero-order valence-corrected chi connectivity index (χ0v) is 11.7. The summed E-state index contributed by atoms with van der Waals surface area (Å²) >= 11 is 1.12. The molecule has 0 saturated heterocycles. The smallest absolute Gasteiger partial charge is 0.304 e. The first kappa shape index (κ1) is 14.2. The van der Waals surface area contributed by atoms with E-state index in [4.69, 9.17) is 0 Å². The van der Waals surface area contributed by atoms with Crippen LogP contribution in [0, 0.1) is 10.1 Å².